The molecule has 0 spiro atoms. The van der Waals surface area contributed by atoms with Crippen LogP contribution < -0.4 is 5.56 Å². The number of aliphatic hydroxyl groups excluding tert-OH is 1. The van der Waals surface area contributed by atoms with Gasteiger partial charge in [0, 0.05) is 29.7 Å². The molecule has 0 saturated carbocycles. The summed E-state index contributed by atoms with van der Waals surface area (Å²) in [5, 5.41) is 9.87. The van der Waals surface area contributed by atoms with Crippen molar-refractivity contribution in [1.82, 2.24) is 24.5 Å². The highest BCUT2D eigenvalue weighted by molar-refractivity contribution is 5.93. The predicted molar refractivity (Wildman–Crippen MR) is 107 cm³/mol. The van der Waals surface area contributed by atoms with Crippen LogP contribution >= 0.6 is 0 Å². The minimum Gasteiger partial charge on any atom is -0.392 e. The number of fused-ring (bicyclic) bond motifs is 1. The van der Waals surface area contributed by atoms with E-state index in [-0.39, 0.29) is 17.6 Å². The van der Waals surface area contributed by atoms with Gasteiger partial charge in [-0.1, -0.05) is 0 Å². The first-order valence-corrected chi connectivity index (χ1v) is 9.26. The Bertz CT molecular complexity index is 1290. The van der Waals surface area contributed by atoms with Gasteiger partial charge in [-0.2, -0.15) is 13.2 Å². The molecule has 4 aromatic rings. The average molecular weight is 427 g/mol. The zero-order valence-corrected chi connectivity index (χ0v) is 16.2. The third-order valence-electron chi connectivity index (χ3n) is 4.56. The molecule has 4 aromatic heterocycles. The minimum absolute atomic E-state index is 0.0451. The van der Waals surface area contributed by atoms with Crippen LogP contribution in [0.15, 0.2) is 60.0 Å². The molecule has 1 N–H and O–H groups in total. The van der Waals surface area contributed by atoms with Gasteiger partial charge in [0.15, 0.2) is 0 Å². The molecule has 7 nitrogen and oxygen atoms in total. The van der Waals surface area contributed by atoms with Crippen molar-refractivity contribution < 1.29 is 18.3 Å². The summed E-state index contributed by atoms with van der Waals surface area (Å²) >= 11 is 0. The molecule has 0 aliphatic heterocycles. The van der Waals surface area contributed by atoms with Crippen LogP contribution in [0.4, 0.5) is 13.2 Å². The molecule has 0 amide bonds. The first-order chi connectivity index (χ1) is 14.7. The Morgan fingerprint density at radius 1 is 1.13 bits per heavy atom. The Labute approximate surface area is 173 Å². The van der Waals surface area contributed by atoms with Gasteiger partial charge in [-0.25, -0.2) is 9.97 Å². The van der Waals surface area contributed by atoms with E-state index in [2.05, 4.69) is 19.9 Å². The molecule has 1 atom stereocenters. The van der Waals surface area contributed by atoms with Crippen LogP contribution in [0.3, 0.4) is 0 Å². The van der Waals surface area contributed by atoms with E-state index >= 15 is 0 Å². The van der Waals surface area contributed by atoms with Crippen molar-refractivity contribution in [3.05, 3.63) is 71.3 Å². The maximum Gasteiger partial charge on any atom is 0.433 e. The van der Waals surface area contributed by atoms with Gasteiger partial charge in [0.2, 0.25) is 0 Å². The molecule has 0 aliphatic rings. The van der Waals surface area contributed by atoms with Crippen LogP contribution in [0.1, 0.15) is 12.6 Å². The SMILES string of the molecule is C[C@@H](O)Cn1cnc2c(-c3cccnc3)nc(-c3ccc(C(F)(F)F)nc3)cc2c1=O. The van der Waals surface area contributed by atoms with Gasteiger partial charge in [0.25, 0.3) is 5.56 Å². The summed E-state index contributed by atoms with van der Waals surface area (Å²) in [6.07, 6.45) is 0.204. The van der Waals surface area contributed by atoms with E-state index in [9.17, 15) is 23.1 Å². The number of alkyl halides is 3. The van der Waals surface area contributed by atoms with E-state index in [1.165, 1.54) is 23.0 Å². The fraction of sp³-hybridized carbons (Fsp3) is 0.190. The zero-order valence-electron chi connectivity index (χ0n) is 16.2. The lowest BCUT2D eigenvalue weighted by Gasteiger charge is -2.12. The Kier molecular flexibility index (Phi) is 5.24. The van der Waals surface area contributed by atoms with Crippen molar-refractivity contribution in [2.75, 3.05) is 0 Å². The molecule has 4 heterocycles. The fourth-order valence-electron chi connectivity index (χ4n) is 3.15. The Morgan fingerprint density at radius 2 is 1.94 bits per heavy atom. The van der Waals surface area contributed by atoms with Gasteiger partial charge < -0.3 is 5.11 Å². The minimum atomic E-state index is -4.56. The smallest absolute Gasteiger partial charge is 0.392 e. The molecule has 0 aromatic carbocycles. The number of pyridine rings is 3. The van der Waals surface area contributed by atoms with Crippen LogP contribution in [0.25, 0.3) is 33.4 Å². The summed E-state index contributed by atoms with van der Waals surface area (Å²) in [5.41, 5.74) is 0.427. The summed E-state index contributed by atoms with van der Waals surface area (Å²) in [4.78, 5) is 29.5. The summed E-state index contributed by atoms with van der Waals surface area (Å²) in [6.45, 7) is 1.59. The topological polar surface area (TPSA) is 93.8 Å². The molecular formula is C21H16F3N5O2. The second-order valence-electron chi connectivity index (χ2n) is 6.97. The van der Waals surface area contributed by atoms with E-state index in [1.807, 2.05) is 0 Å². The molecular weight excluding hydrogens is 411 g/mol. The highest BCUT2D eigenvalue weighted by atomic mass is 19.4. The number of aliphatic hydroxyl groups is 1. The Balaban J connectivity index is 1.95. The number of aromatic nitrogens is 5. The van der Waals surface area contributed by atoms with E-state index in [4.69, 9.17) is 0 Å². The van der Waals surface area contributed by atoms with Gasteiger partial charge in [-0.3, -0.25) is 19.3 Å². The maximum atomic E-state index is 13.0. The summed E-state index contributed by atoms with van der Waals surface area (Å²) in [5.74, 6) is 0. The Hall–Kier alpha value is -3.66. The summed E-state index contributed by atoms with van der Waals surface area (Å²) < 4.78 is 39.9. The normalized spacial score (nSPS) is 12.8. The zero-order chi connectivity index (χ0) is 22.2. The summed E-state index contributed by atoms with van der Waals surface area (Å²) in [6, 6.07) is 7.02. The quantitative estimate of drug-likeness (QED) is 0.537. The lowest BCUT2D eigenvalue weighted by Crippen LogP contribution is -2.25. The van der Waals surface area contributed by atoms with Gasteiger partial charge >= 0.3 is 6.18 Å². The van der Waals surface area contributed by atoms with Crippen LogP contribution in [-0.2, 0) is 12.7 Å². The van der Waals surface area contributed by atoms with Gasteiger partial charge in [0.1, 0.15) is 11.2 Å². The molecule has 0 bridgehead atoms. The number of hydrogen-bond donors (Lipinski definition) is 1. The largest absolute Gasteiger partial charge is 0.433 e. The highest BCUT2D eigenvalue weighted by Gasteiger charge is 2.32. The van der Waals surface area contributed by atoms with Crippen LogP contribution in [0.5, 0.6) is 0 Å². The maximum absolute atomic E-state index is 13.0. The average Bonchev–Trinajstić information content (AvgIpc) is 2.75. The third kappa shape index (κ3) is 4.15. The van der Waals surface area contributed by atoms with Crippen LogP contribution in [0, 0.1) is 0 Å². The molecule has 31 heavy (non-hydrogen) atoms. The standard InChI is InChI=1S/C21H16F3N5O2/c1-12(30)10-29-11-27-19-15(20(29)31)7-16(28-18(19)14-3-2-6-25-8-14)13-4-5-17(26-9-13)21(22,23)24/h2-9,11-12,30H,10H2,1H3/t12-/m1/s1. The van der Waals surface area contributed by atoms with Gasteiger partial charge in [-0.15, -0.1) is 0 Å². The second kappa shape index (κ2) is 7.88. The number of rotatable bonds is 4. The lowest BCUT2D eigenvalue weighted by molar-refractivity contribution is -0.141. The van der Waals surface area contributed by atoms with Crippen molar-refractivity contribution in [2.45, 2.75) is 25.7 Å². The fourth-order valence-corrected chi connectivity index (χ4v) is 3.15. The lowest BCUT2D eigenvalue weighted by atomic mass is 10.1. The Morgan fingerprint density at radius 3 is 2.55 bits per heavy atom. The van der Waals surface area contributed by atoms with Crippen molar-refractivity contribution in [2.24, 2.45) is 0 Å². The number of nitrogens with zero attached hydrogens (tertiary/aromatic N) is 5. The van der Waals surface area contributed by atoms with Gasteiger partial charge in [0.05, 0.1) is 35.8 Å². The van der Waals surface area contributed by atoms with Crippen molar-refractivity contribution in [3.63, 3.8) is 0 Å². The molecule has 10 heteroatoms. The number of hydrogen-bond acceptors (Lipinski definition) is 6. The predicted octanol–water partition coefficient (Wildman–Crippen LogP) is 3.32. The summed E-state index contributed by atoms with van der Waals surface area (Å²) in [7, 11) is 0. The molecule has 4 rings (SSSR count). The van der Waals surface area contributed by atoms with Crippen LogP contribution in [-0.4, -0.2) is 35.7 Å². The monoisotopic (exact) mass is 427 g/mol. The van der Waals surface area contributed by atoms with Crippen molar-refractivity contribution in [1.29, 1.82) is 0 Å². The molecule has 158 valence electrons. The number of halogens is 3. The van der Waals surface area contributed by atoms with Gasteiger partial charge in [-0.05, 0) is 37.3 Å². The third-order valence-corrected chi connectivity index (χ3v) is 4.56. The second-order valence-corrected chi connectivity index (χ2v) is 6.97. The van der Waals surface area contributed by atoms with Crippen LogP contribution in [0.2, 0.25) is 0 Å². The molecule has 0 fully saturated rings. The first kappa shape index (κ1) is 20.6. The van der Waals surface area contributed by atoms with Crippen molar-refractivity contribution in [3.8, 4) is 22.5 Å². The van der Waals surface area contributed by atoms with E-state index in [0.29, 0.717) is 22.3 Å². The van der Waals surface area contributed by atoms with Crippen molar-refractivity contribution >= 4 is 10.9 Å². The van der Waals surface area contributed by atoms with E-state index in [0.717, 1.165) is 12.3 Å². The molecule has 0 radical (unpaired) electrons. The first-order valence-electron chi connectivity index (χ1n) is 9.26. The van der Waals surface area contributed by atoms with E-state index in [1.54, 1.807) is 31.5 Å². The molecule has 0 aliphatic carbocycles. The molecule has 0 saturated heterocycles. The molecule has 0 unspecified atom stereocenters. The highest BCUT2D eigenvalue weighted by Crippen LogP contribution is 2.31. The van der Waals surface area contributed by atoms with E-state index < -0.39 is 23.5 Å².